The first-order valence-corrected chi connectivity index (χ1v) is 13.7. The van der Waals surface area contributed by atoms with E-state index >= 15 is 0 Å². The van der Waals surface area contributed by atoms with Crippen LogP contribution in [0.2, 0.25) is 0 Å². The third-order valence-electron chi connectivity index (χ3n) is 7.23. The lowest BCUT2D eigenvalue weighted by atomic mass is 9.81. The van der Waals surface area contributed by atoms with Crippen molar-refractivity contribution in [1.29, 1.82) is 0 Å². The smallest absolute Gasteiger partial charge is 0.225 e. The molecule has 0 radical (unpaired) electrons. The van der Waals surface area contributed by atoms with Crippen LogP contribution in [0.25, 0.3) is 0 Å². The molecule has 1 atom stereocenters. The third-order valence-corrected chi connectivity index (χ3v) is 10.4. The van der Waals surface area contributed by atoms with E-state index in [1.54, 1.807) is 18.1 Å². The van der Waals surface area contributed by atoms with E-state index in [9.17, 15) is 22.0 Å². The summed E-state index contributed by atoms with van der Waals surface area (Å²) in [6.45, 7) is 0.873. The number of sulfone groups is 1. The Morgan fingerprint density at radius 3 is 2.41 bits per heavy atom. The van der Waals surface area contributed by atoms with Gasteiger partial charge in [-0.3, -0.25) is 4.79 Å². The summed E-state index contributed by atoms with van der Waals surface area (Å²) in [7, 11) is -2.40. The maximum Gasteiger partial charge on any atom is 0.225 e. The Labute approximate surface area is 207 Å². The van der Waals surface area contributed by atoms with Gasteiger partial charge in [0.25, 0.3) is 0 Å². The number of benzene rings is 2. The number of carbonyl (C=O) groups is 1. The summed E-state index contributed by atoms with van der Waals surface area (Å²) in [5.74, 6) is -0.887. The minimum absolute atomic E-state index is 0.0494. The predicted octanol–water partition coefficient (Wildman–Crippen LogP) is 5.08. The molecule has 1 aliphatic carbocycles. The fourth-order valence-electron chi connectivity index (χ4n) is 5.27. The van der Waals surface area contributed by atoms with Gasteiger partial charge in [0.15, 0.2) is 9.84 Å². The number of nitrogens with zero attached hydrogens (tertiary/aromatic N) is 1. The Kier molecular flexibility index (Phi) is 7.45. The van der Waals surface area contributed by atoms with Crippen LogP contribution in [0.5, 0.6) is 0 Å². The summed E-state index contributed by atoms with van der Waals surface area (Å²) in [5, 5.41) is 0. The average molecular weight is 556 g/mol. The Morgan fingerprint density at radius 1 is 1.12 bits per heavy atom. The molecule has 0 N–H and O–H groups in total. The largest absolute Gasteiger partial charge is 0.384 e. The van der Waals surface area contributed by atoms with Gasteiger partial charge in [0, 0.05) is 32.7 Å². The fourth-order valence-corrected chi connectivity index (χ4v) is 7.58. The molecule has 0 aromatic heterocycles. The van der Waals surface area contributed by atoms with Crippen LogP contribution in [0, 0.1) is 23.5 Å². The Bertz CT molecular complexity index is 1150. The van der Waals surface area contributed by atoms with E-state index in [4.69, 9.17) is 4.74 Å². The third kappa shape index (κ3) is 4.66. The van der Waals surface area contributed by atoms with E-state index in [1.807, 2.05) is 0 Å². The highest BCUT2D eigenvalue weighted by molar-refractivity contribution is 9.10. The first kappa shape index (κ1) is 25.3. The number of hydrogen-bond donors (Lipinski definition) is 0. The molecule has 0 spiro atoms. The molecular formula is C25H28BrF2NO4S. The van der Waals surface area contributed by atoms with Gasteiger partial charge in [-0.1, -0.05) is 6.07 Å². The highest BCUT2D eigenvalue weighted by Gasteiger charge is 2.52. The molecule has 1 saturated heterocycles. The van der Waals surface area contributed by atoms with Gasteiger partial charge in [0.1, 0.15) is 16.4 Å². The Balaban J connectivity index is 1.66. The van der Waals surface area contributed by atoms with Gasteiger partial charge < -0.3 is 9.64 Å². The molecule has 2 aliphatic rings. The topological polar surface area (TPSA) is 63.7 Å². The molecule has 1 saturated carbocycles. The van der Waals surface area contributed by atoms with Crippen molar-refractivity contribution in [3.63, 3.8) is 0 Å². The molecule has 2 aromatic rings. The van der Waals surface area contributed by atoms with Gasteiger partial charge >= 0.3 is 0 Å². The van der Waals surface area contributed by atoms with Crippen LogP contribution < -0.4 is 0 Å². The summed E-state index contributed by atoms with van der Waals surface area (Å²) in [6.07, 6.45) is 3.42. The monoisotopic (exact) mass is 555 g/mol. The highest BCUT2D eigenvalue weighted by atomic mass is 79.9. The second kappa shape index (κ2) is 10.0. The van der Waals surface area contributed by atoms with Crippen molar-refractivity contribution in [2.75, 3.05) is 26.8 Å². The van der Waals surface area contributed by atoms with Crippen LogP contribution >= 0.6 is 15.9 Å². The van der Waals surface area contributed by atoms with E-state index in [2.05, 4.69) is 15.9 Å². The SMILES string of the molecule is COCC1CCC(C(=O)N2CCC(c3ccc(Br)c(F)c3)(S(=O)(=O)c3ccc(F)cc3)C2)CC1. The van der Waals surface area contributed by atoms with E-state index in [-0.39, 0.29) is 46.3 Å². The normalized spacial score (nSPS) is 25.5. The van der Waals surface area contributed by atoms with Gasteiger partial charge in [-0.05, 0) is 95.9 Å². The summed E-state index contributed by atoms with van der Waals surface area (Å²) < 4.78 is 59.8. The molecule has 184 valence electrons. The van der Waals surface area contributed by atoms with E-state index < -0.39 is 26.2 Å². The summed E-state index contributed by atoms with van der Waals surface area (Å²) >= 11 is 3.12. The van der Waals surface area contributed by atoms with Crippen LogP contribution in [0.15, 0.2) is 51.8 Å². The van der Waals surface area contributed by atoms with E-state index in [1.165, 1.54) is 24.3 Å². The maximum atomic E-state index is 14.5. The van der Waals surface area contributed by atoms with Crippen molar-refractivity contribution >= 4 is 31.7 Å². The van der Waals surface area contributed by atoms with Crippen molar-refractivity contribution in [3.8, 4) is 0 Å². The molecule has 1 aliphatic heterocycles. The molecule has 34 heavy (non-hydrogen) atoms. The summed E-state index contributed by atoms with van der Waals surface area (Å²) in [5.41, 5.74) is 0.289. The summed E-state index contributed by atoms with van der Waals surface area (Å²) in [4.78, 5) is 14.9. The van der Waals surface area contributed by atoms with Crippen molar-refractivity contribution in [2.24, 2.45) is 11.8 Å². The zero-order valence-corrected chi connectivity index (χ0v) is 21.4. The van der Waals surface area contributed by atoms with Gasteiger partial charge in [-0.2, -0.15) is 0 Å². The minimum atomic E-state index is -4.07. The van der Waals surface area contributed by atoms with Crippen molar-refractivity contribution in [2.45, 2.75) is 41.7 Å². The average Bonchev–Trinajstić information content (AvgIpc) is 3.29. The Hall–Kier alpha value is -1.84. The van der Waals surface area contributed by atoms with Crippen LogP contribution in [0.3, 0.4) is 0 Å². The van der Waals surface area contributed by atoms with Gasteiger partial charge in [-0.25, -0.2) is 17.2 Å². The van der Waals surface area contributed by atoms with Crippen molar-refractivity contribution in [1.82, 2.24) is 4.90 Å². The fraction of sp³-hybridized carbons (Fsp3) is 0.480. The number of methoxy groups -OCH3 is 1. The van der Waals surface area contributed by atoms with Crippen molar-refractivity contribution < 1.29 is 26.7 Å². The molecule has 1 heterocycles. The second-order valence-electron chi connectivity index (χ2n) is 9.26. The zero-order valence-electron chi connectivity index (χ0n) is 19.0. The Morgan fingerprint density at radius 2 is 1.79 bits per heavy atom. The quantitative estimate of drug-likeness (QED) is 0.466. The van der Waals surface area contributed by atoms with Crippen LogP contribution in [0.4, 0.5) is 8.78 Å². The lowest BCUT2D eigenvalue weighted by Gasteiger charge is -2.32. The first-order valence-electron chi connectivity index (χ1n) is 11.4. The molecule has 1 amide bonds. The lowest BCUT2D eigenvalue weighted by Crippen LogP contribution is -2.42. The number of ether oxygens (including phenoxy) is 1. The lowest BCUT2D eigenvalue weighted by molar-refractivity contribution is -0.136. The molecule has 9 heteroatoms. The molecule has 2 fully saturated rings. The molecule has 0 bridgehead atoms. The number of halogens is 3. The predicted molar refractivity (Wildman–Crippen MR) is 128 cm³/mol. The number of amides is 1. The van der Waals surface area contributed by atoms with Crippen LogP contribution in [0.1, 0.15) is 37.7 Å². The van der Waals surface area contributed by atoms with Gasteiger partial charge in [0.05, 0.1) is 9.37 Å². The number of hydrogen-bond acceptors (Lipinski definition) is 4. The van der Waals surface area contributed by atoms with Crippen LogP contribution in [-0.4, -0.2) is 46.0 Å². The van der Waals surface area contributed by atoms with E-state index in [0.717, 1.165) is 37.8 Å². The minimum Gasteiger partial charge on any atom is -0.384 e. The van der Waals surface area contributed by atoms with Gasteiger partial charge in [0.2, 0.25) is 5.91 Å². The molecule has 4 rings (SSSR count). The first-order chi connectivity index (χ1) is 16.2. The molecule has 2 aromatic carbocycles. The molecular weight excluding hydrogens is 528 g/mol. The molecule has 5 nitrogen and oxygen atoms in total. The standard InChI is InChI=1S/C25H28BrF2NO4S/c1-33-15-17-2-4-18(5-3-17)24(30)29-13-12-25(16-29,19-6-11-22(26)23(28)14-19)34(31,32)21-9-7-20(27)8-10-21/h6-11,14,17-18H,2-5,12-13,15-16H2,1H3. The number of rotatable bonds is 6. The second-order valence-corrected chi connectivity index (χ2v) is 12.4. The van der Waals surface area contributed by atoms with Crippen molar-refractivity contribution in [3.05, 3.63) is 64.1 Å². The van der Waals surface area contributed by atoms with Gasteiger partial charge in [-0.15, -0.1) is 0 Å². The number of likely N-dealkylation sites (tertiary alicyclic amines) is 1. The highest BCUT2D eigenvalue weighted by Crippen LogP contribution is 2.45. The maximum absolute atomic E-state index is 14.5. The zero-order chi connectivity index (χ0) is 24.5. The van der Waals surface area contributed by atoms with E-state index in [0.29, 0.717) is 12.5 Å². The summed E-state index contributed by atoms with van der Waals surface area (Å²) in [6, 6.07) is 8.92. The number of carbonyl (C=O) groups excluding carboxylic acids is 1. The van der Waals surface area contributed by atoms with Crippen LogP contribution in [-0.2, 0) is 24.1 Å². The molecule has 1 unspecified atom stereocenters.